The summed E-state index contributed by atoms with van der Waals surface area (Å²) < 4.78 is 5.63. The highest BCUT2D eigenvalue weighted by molar-refractivity contribution is 7.12. The zero-order valence-corrected chi connectivity index (χ0v) is 13.4. The summed E-state index contributed by atoms with van der Waals surface area (Å²) in [7, 11) is 0. The van der Waals surface area contributed by atoms with E-state index in [-0.39, 0.29) is 5.91 Å². The molecule has 0 spiro atoms. The molecule has 0 N–H and O–H groups in total. The summed E-state index contributed by atoms with van der Waals surface area (Å²) >= 11 is 1.52. The number of hydrogen-bond donors (Lipinski definition) is 0. The van der Waals surface area contributed by atoms with Gasteiger partial charge in [0.25, 0.3) is 5.91 Å². The Bertz CT molecular complexity index is 629. The van der Waals surface area contributed by atoms with Crippen LogP contribution in [0.5, 0.6) is 6.01 Å². The van der Waals surface area contributed by atoms with E-state index in [0.717, 1.165) is 36.4 Å². The summed E-state index contributed by atoms with van der Waals surface area (Å²) in [5, 5.41) is 2.02. The SMILES string of the molecule is Cc1csc(C(=O)N2CCCC(COc3ncccn3)C2)c1. The Kier molecular flexibility index (Phi) is 4.68. The van der Waals surface area contributed by atoms with Crippen molar-refractivity contribution in [1.29, 1.82) is 0 Å². The van der Waals surface area contributed by atoms with Crippen LogP contribution in [0.4, 0.5) is 0 Å². The van der Waals surface area contributed by atoms with Gasteiger partial charge in [-0.3, -0.25) is 4.79 Å². The predicted octanol–water partition coefficient (Wildman–Crippen LogP) is 2.78. The Labute approximate surface area is 134 Å². The van der Waals surface area contributed by atoms with Crippen molar-refractivity contribution >= 4 is 17.2 Å². The van der Waals surface area contributed by atoms with Crippen molar-refractivity contribution in [3.05, 3.63) is 40.3 Å². The summed E-state index contributed by atoms with van der Waals surface area (Å²) in [6, 6.07) is 4.13. The molecular formula is C16H19N3O2S. The first-order valence-electron chi connectivity index (χ1n) is 7.46. The number of rotatable bonds is 4. The molecule has 3 heterocycles. The molecule has 1 aliphatic rings. The average Bonchev–Trinajstić information content (AvgIpc) is 3.00. The number of aryl methyl sites for hydroxylation is 1. The first kappa shape index (κ1) is 15.0. The average molecular weight is 317 g/mol. The third-order valence-electron chi connectivity index (χ3n) is 3.74. The lowest BCUT2D eigenvalue weighted by molar-refractivity contribution is 0.0633. The Morgan fingerprint density at radius 2 is 2.27 bits per heavy atom. The van der Waals surface area contributed by atoms with Crippen molar-refractivity contribution in [3.8, 4) is 6.01 Å². The Hall–Kier alpha value is -1.95. The molecule has 5 nitrogen and oxygen atoms in total. The van der Waals surface area contributed by atoms with Crippen molar-refractivity contribution in [2.75, 3.05) is 19.7 Å². The Balaban J connectivity index is 1.56. The van der Waals surface area contributed by atoms with Crippen LogP contribution in [0.2, 0.25) is 0 Å². The molecule has 2 aromatic heterocycles. The molecule has 3 rings (SSSR count). The third kappa shape index (κ3) is 3.62. The van der Waals surface area contributed by atoms with E-state index in [2.05, 4.69) is 9.97 Å². The molecule has 6 heteroatoms. The maximum absolute atomic E-state index is 12.5. The maximum atomic E-state index is 12.5. The summed E-state index contributed by atoms with van der Waals surface area (Å²) in [6.45, 7) is 4.13. The first-order chi connectivity index (χ1) is 10.7. The van der Waals surface area contributed by atoms with Gasteiger partial charge in [-0.15, -0.1) is 11.3 Å². The molecule has 1 aliphatic heterocycles. The van der Waals surface area contributed by atoms with Gasteiger partial charge in [-0.1, -0.05) is 0 Å². The number of hydrogen-bond acceptors (Lipinski definition) is 5. The van der Waals surface area contributed by atoms with Crippen LogP contribution >= 0.6 is 11.3 Å². The van der Waals surface area contributed by atoms with E-state index in [9.17, 15) is 4.79 Å². The smallest absolute Gasteiger partial charge is 0.316 e. The lowest BCUT2D eigenvalue weighted by Crippen LogP contribution is -2.41. The normalized spacial score (nSPS) is 18.2. The zero-order chi connectivity index (χ0) is 15.4. The van der Waals surface area contributed by atoms with Crippen LogP contribution in [0.1, 0.15) is 28.1 Å². The predicted molar refractivity (Wildman–Crippen MR) is 85.2 cm³/mol. The van der Waals surface area contributed by atoms with E-state index >= 15 is 0 Å². The van der Waals surface area contributed by atoms with Crippen LogP contribution in [0, 0.1) is 12.8 Å². The van der Waals surface area contributed by atoms with Crippen LogP contribution in [-0.4, -0.2) is 40.5 Å². The van der Waals surface area contributed by atoms with Gasteiger partial charge in [-0.25, -0.2) is 9.97 Å². The van der Waals surface area contributed by atoms with Gasteiger partial charge in [0, 0.05) is 31.4 Å². The molecule has 1 amide bonds. The van der Waals surface area contributed by atoms with Gasteiger partial charge in [0.2, 0.25) is 0 Å². The topological polar surface area (TPSA) is 55.3 Å². The molecule has 2 aromatic rings. The standard InChI is InChI=1S/C16H19N3O2S/c1-12-8-14(22-11-12)15(20)19-7-2-4-13(9-19)10-21-16-17-5-3-6-18-16/h3,5-6,8,11,13H,2,4,7,9-10H2,1H3. The minimum absolute atomic E-state index is 0.138. The monoisotopic (exact) mass is 317 g/mol. The molecule has 22 heavy (non-hydrogen) atoms. The van der Waals surface area contributed by atoms with Gasteiger partial charge in [-0.05, 0) is 42.8 Å². The van der Waals surface area contributed by atoms with Gasteiger partial charge in [0.15, 0.2) is 0 Å². The first-order valence-corrected chi connectivity index (χ1v) is 8.34. The summed E-state index contributed by atoms with van der Waals surface area (Å²) in [5.41, 5.74) is 1.14. The number of carbonyl (C=O) groups is 1. The largest absolute Gasteiger partial charge is 0.463 e. The number of ether oxygens (including phenoxy) is 1. The highest BCUT2D eigenvalue weighted by Crippen LogP contribution is 2.22. The van der Waals surface area contributed by atoms with Crippen molar-refractivity contribution in [1.82, 2.24) is 14.9 Å². The number of nitrogens with zero attached hydrogens (tertiary/aromatic N) is 3. The quantitative estimate of drug-likeness (QED) is 0.870. The third-order valence-corrected chi connectivity index (χ3v) is 4.77. The van der Waals surface area contributed by atoms with E-state index in [4.69, 9.17) is 4.74 Å². The molecule has 0 saturated carbocycles. The summed E-state index contributed by atoms with van der Waals surface area (Å²) in [5.74, 6) is 0.473. The van der Waals surface area contributed by atoms with Crippen molar-refractivity contribution < 1.29 is 9.53 Å². The summed E-state index contributed by atoms with van der Waals surface area (Å²) in [4.78, 5) is 23.4. The lowest BCUT2D eigenvalue weighted by Gasteiger charge is -2.32. The molecule has 0 aromatic carbocycles. The molecule has 1 fully saturated rings. The van der Waals surface area contributed by atoms with E-state index in [1.165, 1.54) is 11.3 Å². The highest BCUT2D eigenvalue weighted by atomic mass is 32.1. The van der Waals surface area contributed by atoms with Gasteiger partial charge in [-0.2, -0.15) is 0 Å². The molecule has 116 valence electrons. The van der Waals surface area contributed by atoms with Crippen LogP contribution in [-0.2, 0) is 0 Å². The Morgan fingerprint density at radius 1 is 1.45 bits per heavy atom. The van der Waals surface area contributed by atoms with Crippen molar-refractivity contribution in [2.45, 2.75) is 19.8 Å². The van der Waals surface area contributed by atoms with Gasteiger partial charge in [0.1, 0.15) is 0 Å². The van der Waals surface area contributed by atoms with Gasteiger partial charge >= 0.3 is 6.01 Å². The molecular weight excluding hydrogens is 298 g/mol. The van der Waals surface area contributed by atoms with Gasteiger partial charge in [0.05, 0.1) is 11.5 Å². The van der Waals surface area contributed by atoms with E-state index in [0.29, 0.717) is 18.5 Å². The second kappa shape index (κ2) is 6.87. The molecule has 1 saturated heterocycles. The minimum Gasteiger partial charge on any atom is -0.463 e. The van der Waals surface area contributed by atoms with Crippen LogP contribution < -0.4 is 4.74 Å². The Morgan fingerprint density at radius 3 is 3.00 bits per heavy atom. The molecule has 1 atom stereocenters. The molecule has 0 aliphatic carbocycles. The second-order valence-corrected chi connectivity index (χ2v) is 6.50. The number of piperidine rings is 1. The number of likely N-dealkylation sites (tertiary alicyclic amines) is 1. The summed E-state index contributed by atoms with van der Waals surface area (Å²) in [6.07, 6.45) is 5.41. The fourth-order valence-electron chi connectivity index (χ4n) is 2.64. The maximum Gasteiger partial charge on any atom is 0.316 e. The van der Waals surface area contributed by atoms with Crippen molar-refractivity contribution in [3.63, 3.8) is 0 Å². The number of thiophene rings is 1. The fraction of sp³-hybridized carbons (Fsp3) is 0.438. The highest BCUT2D eigenvalue weighted by Gasteiger charge is 2.25. The number of aromatic nitrogens is 2. The van der Waals surface area contributed by atoms with Crippen molar-refractivity contribution in [2.24, 2.45) is 5.92 Å². The molecule has 0 bridgehead atoms. The molecule has 1 unspecified atom stereocenters. The number of carbonyl (C=O) groups excluding carboxylic acids is 1. The van der Waals surface area contributed by atoms with Gasteiger partial charge < -0.3 is 9.64 Å². The fourth-order valence-corrected chi connectivity index (χ4v) is 3.50. The van der Waals surface area contributed by atoms with E-state index in [1.54, 1.807) is 18.5 Å². The minimum atomic E-state index is 0.138. The van der Waals surface area contributed by atoms with Crippen LogP contribution in [0.3, 0.4) is 0 Å². The van der Waals surface area contributed by atoms with E-state index < -0.39 is 0 Å². The van der Waals surface area contributed by atoms with Crippen LogP contribution in [0.15, 0.2) is 29.9 Å². The zero-order valence-electron chi connectivity index (χ0n) is 12.6. The number of amides is 1. The molecule has 0 radical (unpaired) electrons. The van der Waals surface area contributed by atoms with Crippen LogP contribution in [0.25, 0.3) is 0 Å². The van der Waals surface area contributed by atoms with E-state index in [1.807, 2.05) is 23.3 Å². The lowest BCUT2D eigenvalue weighted by atomic mass is 9.99. The second-order valence-electron chi connectivity index (χ2n) is 5.59.